The number of hydrogen-bond donors (Lipinski definition) is 1. The number of aryl methyl sites for hydroxylation is 1. The van der Waals surface area contributed by atoms with Gasteiger partial charge >= 0.3 is 0 Å². The van der Waals surface area contributed by atoms with Crippen LogP contribution in [0.5, 0.6) is 0 Å². The first kappa shape index (κ1) is 16.5. The molecule has 1 heterocycles. The molecule has 7 heteroatoms. The number of sulfonamides is 1. The van der Waals surface area contributed by atoms with Crippen molar-refractivity contribution in [3.05, 3.63) is 64.8 Å². The van der Waals surface area contributed by atoms with E-state index in [1.165, 1.54) is 0 Å². The molecule has 0 aliphatic rings. The zero-order valence-electron chi connectivity index (χ0n) is 13.1. The molecule has 0 unspecified atom stereocenters. The van der Waals surface area contributed by atoms with Gasteiger partial charge in [-0.05, 0) is 48.9 Å². The number of nitrogens with zero attached hydrogens (tertiary/aromatic N) is 1. The van der Waals surface area contributed by atoms with Crippen LogP contribution in [0.3, 0.4) is 0 Å². The van der Waals surface area contributed by atoms with Gasteiger partial charge in [0.15, 0.2) is 0 Å². The van der Waals surface area contributed by atoms with E-state index in [1.54, 1.807) is 24.3 Å². The second-order valence-electron chi connectivity index (χ2n) is 5.60. The van der Waals surface area contributed by atoms with Crippen molar-refractivity contribution in [2.75, 3.05) is 6.26 Å². The molecule has 1 aromatic heterocycles. The molecule has 0 fully saturated rings. The Morgan fingerprint density at radius 2 is 1.92 bits per heavy atom. The number of nitrogens with one attached hydrogen (secondary N) is 1. The van der Waals surface area contributed by atoms with Gasteiger partial charge in [-0.1, -0.05) is 17.7 Å². The predicted octanol–water partition coefficient (Wildman–Crippen LogP) is 3.28. The maximum Gasteiger partial charge on any atom is 0.264 e. The fourth-order valence-corrected chi connectivity index (χ4v) is 3.24. The molecule has 24 heavy (non-hydrogen) atoms. The van der Waals surface area contributed by atoms with Crippen molar-refractivity contribution in [3.8, 4) is 5.69 Å². The summed E-state index contributed by atoms with van der Waals surface area (Å²) in [5, 5.41) is 1.51. The molecule has 5 nitrogen and oxygen atoms in total. The summed E-state index contributed by atoms with van der Waals surface area (Å²) in [6, 6.07) is 12.5. The van der Waals surface area contributed by atoms with Crippen LogP contribution >= 0.6 is 11.6 Å². The Bertz CT molecular complexity index is 1050. The average molecular weight is 363 g/mol. The maximum atomic E-state index is 12.0. The van der Waals surface area contributed by atoms with Crippen LogP contribution in [0, 0.1) is 6.92 Å². The summed E-state index contributed by atoms with van der Waals surface area (Å²) in [5.74, 6) is -0.644. The van der Waals surface area contributed by atoms with Crippen LogP contribution in [0.1, 0.15) is 15.9 Å². The van der Waals surface area contributed by atoms with E-state index in [1.807, 2.05) is 40.6 Å². The summed E-state index contributed by atoms with van der Waals surface area (Å²) in [6.45, 7) is 1.93. The van der Waals surface area contributed by atoms with Crippen molar-refractivity contribution >= 4 is 38.4 Å². The van der Waals surface area contributed by atoms with Crippen molar-refractivity contribution in [2.24, 2.45) is 0 Å². The van der Waals surface area contributed by atoms with Gasteiger partial charge in [-0.3, -0.25) is 4.79 Å². The topological polar surface area (TPSA) is 68.2 Å². The van der Waals surface area contributed by atoms with Crippen LogP contribution in [-0.2, 0) is 10.0 Å². The molecule has 0 aliphatic heterocycles. The molecule has 0 bridgehead atoms. The van der Waals surface area contributed by atoms with E-state index >= 15 is 0 Å². The molecule has 0 atom stereocenters. The third kappa shape index (κ3) is 3.29. The highest BCUT2D eigenvalue weighted by atomic mass is 35.5. The Kier molecular flexibility index (Phi) is 4.11. The molecular formula is C17H15ClN2O3S. The van der Waals surface area contributed by atoms with Crippen molar-refractivity contribution in [1.29, 1.82) is 0 Å². The Hall–Kier alpha value is -2.31. The summed E-state index contributed by atoms with van der Waals surface area (Å²) < 4.78 is 26.4. The van der Waals surface area contributed by atoms with Gasteiger partial charge in [0.2, 0.25) is 10.0 Å². The van der Waals surface area contributed by atoms with Gasteiger partial charge < -0.3 is 4.57 Å². The van der Waals surface area contributed by atoms with Crippen LogP contribution in [0.4, 0.5) is 0 Å². The lowest BCUT2D eigenvalue weighted by atomic mass is 10.1. The van der Waals surface area contributed by atoms with E-state index in [4.69, 9.17) is 11.6 Å². The monoisotopic (exact) mass is 362 g/mol. The second-order valence-corrected chi connectivity index (χ2v) is 7.78. The number of benzene rings is 2. The third-order valence-corrected chi connectivity index (χ3v) is 4.42. The first-order chi connectivity index (χ1) is 11.2. The van der Waals surface area contributed by atoms with Gasteiger partial charge in [0.25, 0.3) is 5.91 Å². The van der Waals surface area contributed by atoms with Gasteiger partial charge in [0.1, 0.15) is 0 Å². The van der Waals surface area contributed by atoms with E-state index in [9.17, 15) is 13.2 Å². The minimum atomic E-state index is -3.60. The molecule has 2 aromatic carbocycles. The van der Waals surface area contributed by atoms with Gasteiger partial charge in [0.05, 0.1) is 11.8 Å². The van der Waals surface area contributed by atoms with Crippen LogP contribution in [0.25, 0.3) is 16.6 Å². The zero-order chi connectivity index (χ0) is 17.5. The predicted molar refractivity (Wildman–Crippen MR) is 95.3 cm³/mol. The molecule has 0 radical (unpaired) electrons. The van der Waals surface area contributed by atoms with Crippen LogP contribution < -0.4 is 4.72 Å². The second kappa shape index (κ2) is 5.96. The van der Waals surface area contributed by atoms with Crippen LogP contribution in [-0.4, -0.2) is 25.1 Å². The molecule has 0 spiro atoms. The molecule has 1 amide bonds. The highest BCUT2D eigenvalue weighted by Crippen LogP contribution is 2.26. The van der Waals surface area contributed by atoms with E-state index < -0.39 is 15.9 Å². The molecular weight excluding hydrogens is 348 g/mol. The average Bonchev–Trinajstić information content (AvgIpc) is 2.82. The van der Waals surface area contributed by atoms with Gasteiger partial charge in [0, 0.05) is 27.9 Å². The molecule has 1 N–H and O–H groups in total. The SMILES string of the molecule is Cc1cn(-c2cccc(Cl)c2)c2ccc(C(=O)NS(C)(=O)=O)cc12. The van der Waals surface area contributed by atoms with Crippen LogP contribution in [0.15, 0.2) is 48.7 Å². The number of rotatable bonds is 3. The Morgan fingerprint density at radius 1 is 1.17 bits per heavy atom. The molecule has 0 saturated carbocycles. The summed E-state index contributed by atoms with van der Waals surface area (Å²) in [7, 11) is -3.60. The lowest BCUT2D eigenvalue weighted by molar-refractivity contribution is 0.0982. The smallest absolute Gasteiger partial charge is 0.264 e. The number of aromatic nitrogens is 1. The van der Waals surface area contributed by atoms with Gasteiger partial charge in [-0.2, -0.15) is 0 Å². The minimum absolute atomic E-state index is 0.292. The lowest BCUT2D eigenvalue weighted by Gasteiger charge is -2.07. The minimum Gasteiger partial charge on any atom is -0.316 e. The normalized spacial score (nSPS) is 11.6. The number of carbonyl (C=O) groups is 1. The van der Waals surface area contributed by atoms with Crippen molar-refractivity contribution in [3.63, 3.8) is 0 Å². The summed E-state index contributed by atoms with van der Waals surface area (Å²) in [4.78, 5) is 12.0. The van der Waals surface area contributed by atoms with E-state index in [0.29, 0.717) is 10.6 Å². The Morgan fingerprint density at radius 3 is 2.58 bits per heavy atom. The molecule has 3 rings (SSSR count). The number of carbonyl (C=O) groups excluding carboxylic acids is 1. The molecule has 0 saturated heterocycles. The molecule has 3 aromatic rings. The van der Waals surface area contributed by atoms with Crippen molar-refractivity contribution in [1.82, 2.24) is 9.29 Å². The molecule has 124 valence electrons. The first-order valence-electron chi connectivity index (χ1n) is 7.14. The lowest BCUT2D eigenvalue weighted by Crippen LogP contribution is -2.29. The largest absolute Gasteiger partial charge is 0.316 e. The standard InChI is InChI=1S/C17H15ClN2O3S/c1-11-10-20(14-5-3-4-13(18)9-14)16-7-6-12(8-15(11)16)17(21)19-24(2,22)23/h3-10H,1-2H3,(H,19,21). The highest BCUT2D eigenvalue weighted by molar-refractivity contribution is 7.89. The quantitative estimate of drug-likeness (QED) is 0.777. The fourth-order valence-electron chi connectivity index (χ4n) is 2.60. The van der Waals surface area contributed by atoms with E-state index in [2.05, 4.69) is 0 Å². The number of fused-ring (bicyclic) bond motifs is 1. The van der Waals surface area contributed by atoms with Crippen molar-refractivity contribution in [2.45, 2.75) is 6.92 Å². The Labute approximate surface area is 144 Å². The third-order valence-electron chi connectivity index (χ3n) is 3.63. The van der Waals surface area contributed by atoms with Crippen LogP contribution in [0.2, 0.25) is 5.02 Å². The Balaban J connectivity index is 2.10. The van der Waals surface area contributed by atoms with E-state index in [-0.39, 0.29) is 0 Å². The maximum absolute atomic E-state index is 12.0. The van der Waals surface area contributed by atoms with E-state index in [0.717, 1.165) is 28.4 Å². The summed E-state index contributed by atoms with van der Waals surface area (Å²) in [5.41, 5.74) is 3.08. The summed E-state index contributed by atoms with van der Waals surface area (Å²) in [6.07, 6.45) is 2.90. The number of amides is 1. The van der Waals surface area contributed by atoms with Crippen molar-refractivity contribution < 1.29 is 13.2 Å². The van der Waals surface area contributed by atoms with Gasteiger partial charge in [-0.25, -0.2) is 13.1 Å². The number of halogens is 1. The fraction of sp³-hybridized carbons (Fsp3) is 0.118. The summed E-state index contributed by atoms with van der Waals surface area (Å²) >= 11 is 6.06. The molecule has 0 aliphatic carbocycles. The highest BCUT2D eigenvalue weighted by Gasteiger charge is 2.14. The first-order valence-corrected chi connectivity index (χ1v) is 9.41. The zero-order valence-corrected chi connectivity index (χ0v) is 14.6. The van der Waals surface area contributed by atoms with Gasteiger partial charge in [-0.15, -0.1) is 0 Å². The number of hydrogen-bond acceptors (Lipinski definition) is 3.